The zero-order valence-corrected chi connectivity index (χ0v) is 20.2. The van der Waals surface area contributed by atoms with E-state index in [1.807, 2.05) is 24.0 Å². The number of aryl methyl sites for hydroxylation is 1. The summed E-state index contributed by atoms with van der Waals surface area (Å²) < 4.78 is 5.42. The van der Waals surface area contributed by atoms with Crippen molar-refractivity contribution in [1.29, 1.82) is 0 Å². The van der Waals surface area contributed by atoms with Gasteiger partial charge in [-0.05, 0) is 48.6 Å². The van der Waals surface area contributed by atoms with Gasteiger partial charge in [0.1, 0.15) is 0 Å². The fourth-order valence-corrected chi connectivity index (χ4v) is 4.34. The summed E-state index contributed by atoms with van der Waals surface area (Å²) in [6.45, 7) is 4.51. The third kappa shape index (κ3) is 5.51. The van der Waals surface area contributed by atoms with E-state index in [1.165, 1.54) is 11.1 Å². The maximum Gasteiger partial charge on any atom is 0.230 e. The van der Waals surface area contributed by atoms with E-state index >= 15 is 0 Å². The summed E-state index contributed by atoms with van der Waals surface area (Å²) in [7, 11) is 1.64. The lowest BCUT2D eigenvalue weighted by molar-refractivity contribution is -0.120. The van der Waals surface area contributed by atoms with Crippen LogP contribution in [0.4, 0.5) is 5.69 Å². The monoisotopic (exact) mass is 458 g/mol. The van der Waals surface area contributed by atoms with Crippen LogP contribution in [0.25, 0.3) is 11.1 Å². The molecule has 2 N–H and O–H groups in total. The number of carbonyl (C=O) groups excluding carboxylic acids is 1. The average molecular weight is 459 g/mol. The lowest BCUT2D eigenvalue weighted by atomic mass is 10.0. The van der Waals surface area contributed by atoms with Gasteiger partial charge in [0.05, 0.1) is 11.8 Å². The number of nitrogens with zero attached hydrogens (tertiary/aromatic N) is 3. The normalized spacial score (nSPS) is 18.8. The Morgan fingerprint density at radius 3 is 2.38 bits per heavy atom. The predicted molar refractivity (Wildman–Crippen MR) is 136 cm³/mol. The lowest BCUT2D eigenvalue weighted by Crippen LogP contribution is -2.47. The maximum absolute atomic E-state index is 13.6. The average Bonchev–Trinajstić information content (AvgIpc) is 3.69. The molecule has 1 saturated carbocycles. The number of methoxy groups -OCH3 is 1. The van der Waals surface area contributed by atoms with Crippen molar-refractivity contribution >= 4 is 11.6 Å². The van der Waals surface area contributed by atoms with Gasteiger partial charge >= 0.3 is 0 Å². The molecule has 4 atom stereocenters. The number of carbonyl (C=O) groups is 1. The first kappa shape index (κ1) is 24.0. The van der Waals surface area contributed by atoms with Gasteiger partial charge in [0.15, 0.2) is 0 Å². The van der Waals surface area contributed by atoms with Crippen LogP contribution in [0.2, 0.25) is 0 Å². The highest BCUT2D eigenvalue weighted by Crippen LogP contribution is 2.48. The molecule has 1 aliphatic rings. The Hall–Kier alpha value is -3.09. The van der Waals surface area contributed by atoms with Gasteiger partial charge in [-0.3, -0.25) is 14.8 Å². The molecule has 1 aromatic heterocycles. The molecule has 1 heterocycles. The zero-order valence-electron chi connectivity index (χ0n) is 20.2. The van der Waals surface area contributed by atoms with Crippen molar-refractivity contribution in [2.24, 2.45) is 11.7 Å². The highest BCUT2D eigenvalue weighted by atomic mass is 16.5. The van der Waals surface area contributed by atoms with Crippen LogP contribution < -0.4 is 10.6 Å². The van der Waals surface area contributed by atoms with Crippen molar-refractivity contribution in [3.63, 3.8) is 0 Å². The van der Waals surface area contributed by atoms with Crippen molar-refractivity contribution in [2.45, 2.75) is 51.2 Å². The van der Waals surface area contributed by atoms with Crippen molar-refractivity contribution in [3.05, 3.63) is 78.4 Å². The van der Waals surface area contributed by atoms with E-state index in [-0.39, 0.29) is 29.9 Å². The van der Waals surface area contributed by atoms with Crippen molar-refractivity contribution in [3.8, 4) is 11.1 Å². The van der Waals surface area contributed by atoms with Crippen LogP contribution >= 0.6 is 0 Å². The van der Waals surface area contributed by atoms with E-state index < -0.39 is 0 Å². The molecular weight excluding hydrogens is 424 g/mol. The van der Waals surface area contributed by atoms with Crippen LogP contribution in [0.1, 0.15) is 43.9 Å². The first-order chi connectivity index (χ1) is 16.5. The van der Waals surface area contributed by atoms with Gasteiger partial charge in [-0.2, -0.15) is 0 Å². The molecule has 0 bridgehead atoms. The molecule has 2 aromatic carbocycles. The number of rotatable bonds is 10. The first-order valence-corrected chi connectivity index (χ1v) is 12.1. The molecule has 1 amide bonds. The second-order valence-corrected chi connectivity index (χ2v) is 9.13. The molecule has 4 rings (SSSR count). The first-order valence-electron chi connectivity index (χ1n) is 12.1. The molecule has 1 fully saturated rings. The molecule has 6 heteroatoms. The van der Waals surface area contributed by atoms with Gasteiger partial charge < -0.3 is 15.4 Å². The molecule has 0 unspecified atom stereocenters. The number of aromatic nitrogens is 2. The number of benzene rings is 2. The molecule has 6 nitrogen and oxygen atoms in total. The van der Waals surface area contributed by atoms with Gasteiger partial charge in [0.2, 0.25) is 5.91 Å². The SMILES string of the molecule is CCCc1ccc(-c2ccc(N(C[C@@H](N)[C@@H](C)OC)C(=O)[C@@H]3C[C@H]3c3cnccn3)cc2)cc1. The molecule has 0 saturated heterocycles. The van der Waals surface area contributed by atoms with Gasteiger partial charge in [-0.15, -0.1) is 0 Å². The Morgan fingerprint density at radius 2 is 1.79 bits per heavy atom. The Balaban J connectivity index is 1.54. The summed E-state index contributed by atoms with van der Waals surface area (Å²) in [6.07, 6.45) is 7.93. The van der Waals surface area contributed by atoms with Crippen LogP contribution in [0.15, 0.2) is 67.1 Å². The van der Waals surface area contributed by atoms with Crippen LogP contribution in [0, 0.1) is 5.92 Å². The Bertz CT molecular complexity index is 1070. The minimum atomic E-state index is -0.298. The molecule has 3 aromatic rings. The summed E-state index contributed by atoms with van der Waals surface area (Å²) in [4.78, 5) is 23.9. The van der Waals surface area contributed by atoms with Gasteiger partial charge in [0.25, 0.3) is 0 Å². The quantitative estimate of drug-likeness (QED) is 0.480. The highest BCUT2D eigenvalue weighted by Gasteiger charge is 2.47. The summed E-state index contributed by atoms with van der Waals surface area (Å²) in [5.74, 6) is 0.0827. The van der Waals surface area contributed by atoms with Crippen LogP contribution in [-0.4, -0.2) is 41.7 Å². The van der Waals surface area contributed by atoms with Crippen LogP contribution in [0.3, 0.4) is 0 Å². The fourth-order valence-electron chi connectivity index (χ4n) is 4.34. The summed E-state index contributed by atoms with van der Waals surface area (Å²) >= 11 is 0. The number of amides is 1. The molecule has 1 aliphatic carbocycles. The largest absolute Gasteiger partial charge is 0.380 e. The summed E-state index contributed by atoms with van der Waals surface area (Å²) in [5.41, 5.74) is 11.7. The molecule has 34 heavy (non-hydrogen) atoms. The van der Waals surface area contributed by atoms with Crippen LogP contribution in [0.5, 0.6) is 0 Å². The Labute approximate surface area is 202 Å². The molecule has 0 spiro atoms. The van der Waals surface area contributed by atoms with E-state index in [0.717, 1.165) is 36.2 Å². The Morgan fingerprint density at radius 1 is 1.12 bits per heavy atom. The minimum Gasteiger partial charge on any atom is -0.380 e. The van der Waals surface area contributed by atoms with E-state index in [1.54, 1.807) is 25.7 Å². The second kappa shape index (κ2) is 10.9. The molecule has 0 radical (unpaired) electrons. The summed E-state index contributed by atoms with van der Waals surface area (Å²) in [6, 6.07) is 16.6. The zero-order chi connectivity index (χ0) is 24.1. The number of hydrogen-bond donors (Lipinski definition) is 1. The number of hydrogen-bond acceptors (Lipinski definition) is 5. The van der Waals surface area contributed by atoms with E-state index in [9.17, 15) is 4.79 Å². The van der Waals surface area contributed by atoms with Crippen LogP contribution in [-0.2, 0) is 16.0 Å². The third-order valence-electron chi connectivity index (χ3n) is 6.71. The number of nitrogens with two attached hydrogens (primary N) is 1. The third-order valence-corrected chi connectivity index (χ3v) is 6.71. The molecule has 0 aliphatic heterocycles. The minimum absolute atomic E-state index is 0.0751. The molecular formula is C28H34N4O2. The van der Waals surface area contributed by atoms with Gasteiger partial charge in [-0.1, -0.05) is 49.7 Å². The van der Waals surface area contributed by atoms with E-state index in [4.69, 9.17) is 10.5 Å². The van der Waals surface area contributed by atoms with Crippen molar-refractivity contribution in [2.75, 3.05) is 18.6 Å². The summed E-state index contributed by atoms with van der Waals surface area (Å²) in [5, 5.41) is 0. The Kier molecular flexibility index (Phi) is 7.70. The van der Waals surface area contributed by atoms with Gasteiger partial charge in [0, 0.05) is 55.8 Å². The maximum atomic E-state index is 13.6. The number of anilines is 1. The standard InChI is InChI=1S/C28H34N4O2/c1-4-5-20-6-8-21(9-7-20)22-10-12-23(13-11-22)32(18-26(29)19(2)34-3)28(33)25-16-24(25)27-17-30-14-15-31-27/h6-15,17,19,24-26H,4-5,16,18,29H2,1-3H3/t19-,24-,25-,26-/m1/s1. The van der Waals surface area contributed by atoms with Gasteiger partial charge in [-0.25, -0.2) is 0 Å². The molecule has 178 valence electrons. The topological polar surface area (TPSA) is 81.3 Å². The van der Waals surface area contributed by atoms with E-state index in [2.05, 4.69) is 53.3 Å². The van der Waals surface area contributed by atoms with Crippen molar-refractivity contribution < 1.29 is 9.53 Å². The fraction of sp³-hybridized carbons (Fsp3) is 0.393. The second-order valence-electron chi connectivity index (χ2n) is 9.13. The van der Waals surface area contributed by atoms with E-state index in [0.29, 0.717) is 6.54 Å². The smallest absolute Gasteiger partial charge is 0.230 e. The van der Waals surface area contributed by atoms with Crippen molar-refractivity contribution in [1.82, 2.24) is 9.97 Å². The lowest BCUT2D eigenvalue weighted by Gasteiger charge is -2.29. The highest BCUT2D eigenvalue weighted by molar-refractivity contribution is 5.97. The predicted octanol–water partition coefficient (Wildman–Crippen LogP) is 4.60. The number of ether oxygens (including phenoxy) is 1.